The zero-order valence-electron chi connectivity index (χ0n) is 14.5. The van der Waals surface area contributed by atoms with Gasteiger partial charge in [0.05, 0.1) is 26.9 Å². The molecule has 0 heterocycles. The third-order valence-corrected chi connectivity index (χ3v) is 3.40. The molecular weight excluding hydrogens is 350 g/mol. The second-order valence-corrected chi connectivity index (χ2v) is 5.04. The summed E-state index contributed by atoms with van der Waals surface area (Å²) in [6.07, 6.45) is 0. The molecule has 0 bridgehead atoms. The van der Waals surface area contributed by atoms with Crippen LogP contribution >= 0.6 is 0 Å². The lowest BCUT2D eigenvalue weighted by molar-refractivity contribution is -0.0512. The first-order valence-corrected chi connectivity index (χ1v) is 7.48. The van der Waals surface area contributed by atoms with E-state index in [0.29, 0.717) is 17.1 Å². The number of ether oxygens (including phenoxy) is 5. The minimum Gasteiger partial charge on any atom is -0.497 e. The Balaban J connectivity index is 2.09. The molecule has 0 aliphatic carbocycles. The summed E-state index contributed by atoms with van der Waals surface area (Å²) in [7, 11) is 4.27. The van der Waals surface area contributed by atoms with Gasteiger partial charge < -0.3 is 23.7 Å². The van der Waals surface area contributed by atoms with Gasteiger partial charge in [0.1, 0.15) is 18.1 Å². The van der Waals surface area contributed by atoms with Crippen molar-refractivity contribution >= 4 is 5.97 Å². The number of methoxy groups -OCH3 is 3. The molecule has 0 spiro atoms. The van der Waals surface area contributed by atoms with Gasteiger partial charge in [-0.25, -0.2) is 4.79 Å². The Labute approximate surface area is 149 Å². The lowest BCUT2D eigenvalue weighted by Crippen LogP contribution is -2.07. The molecule has 0 saturated heterocycles. The predicted molar refractivity (Wildman–Crippen MR) is 88.3 cm³/mol. The molecule has 6 nitrogen and oxygen atoms in total. The van der Waals surface area contributed by atoms with Gasteiger partial charge in [-0.3, -0.25) is 0 Å². The topological polar surface area (TPSA) is 63.2 Å². The summed E-state index contributed by atoms with van der Waals surface area (Å²) in [6.45, 7) is -3.04. The predicted octanol–water partition coefficient (Wildman–Crippen LogP) is 3.67. The van der Waals surface area contributed by atoms with Crippen LogP contribution in [0.2, 0.25) is 0 Å². The van der Waals surface area contributed by atoms with Crippen LogP contribution in [0.5, 0.6) is 23.0 Å². The third kappa shape index (κ3) is 4.98. The van der Waals surface area contributed by atoms with Crippen LogP contribution in [-0.4, -0.2) is 33.9 Å². The molecule has 2 rings (SSSR count). The number of hydrogen-bond donors (Lipinski definition) is 0. The number of rotatable bonds is 8. The second kappa shape index (κ2) is 8.89. The lowest BCUT2D eigenvalue weighted by atomic mass is 10.2. The van der Waals surface area contributed by atoms with Gasteiger partial charge in [-0.15, -0.1) is 0 Å². The molecule has 0 aliphatic rings. The average Bonchev–Trinajstić information content (AvgIpc) is 2.65. The van der Waals surface area contributed by atoms with Gasteiger partial charge in [0.2, 0.25) is 0 Å². The van der Waals surface area contributed by atoms with Crippen LogP contribution in [0.15, 0.2) is 36.4 Å². The Morgan fingerprint density at radius 3 is 2.12 bits per heavy atom. The van der Waals surface area contributed by atoms with Crippen molar-refractivity contribution in [2.75, 3.05) is 21.3 Å². The zero-order chi connectivity index (χ0) is 19.1. The van der Waals surface area contributed by atoms with E-state index in [0.717, 1.165) is 0 Å². The highest BCUT2D eigenvalue weighted by atomic mass is 19.3. The summed E-state index contributed by atoms with van der Waals surface area (Å²) in [6, 6.07) is 8.94. The molecule has 0 N–H and O–H groups in total. The molecule has 0 unspecified atom stereocenters. The lowest BCUT2D eigenvalue weighted by Gasteiger charge is -2.12. The molecule has 0 amide bonds. The van der Waals surface area contributed by atoms with Crippen LogP contribution in [0.4, 0.5) is 8.78 Å². The monoisotopic (exact) mass is 368 g/mol. The van der Waals surface area contributed by atoms with Gasteiger partial charge in [-0.1, -0.05) is 6.07 Å². The number of alkyl halides is 2. The largest absolute Gasteiger partial charge is 0.497 e. The maximum Gasteiger partial charge on any atom is 0.387 e. The van der Waals surface area contributed by atoms with Crippen molar-refractivity contribution in [3.63, 3.8) is 0 Å². The number of halogens is 2. The molecule has 0 radical (unpaired) electrons. The van der Waals surface area contributed by atoms with E-state index in [-0.39, 0.29) is 23.7 Å². The van der Waals surface area contributed by atoms with Gasteiger partial charge in [-0.05, 0) is 29.8 Å². The van der Waals surface area contributed by atoms with Crippen molar-refractivity contribution in [1.82, 2.24) is 0 Å². The maximum atomic E-state index is 12.3. The Hall–Kier alpha value is -3.03. The quantitative estimate of drug-likeness (QED) is 0.663. The Bertz CT molecular complexity index is 741. The van der Waals surface area contributed by atoms with Crippen molar-refractivity contribution < 1.29 is 37.3 Å². The first-order valence-electron chi connectivity index (χ1n) is 7.48. The Morgan fingerprint density at radius 1 is 0.923 bits per heavy atom. The Kier molecular flexibility index (Phi) is 6.60. The summed E-state index contributed by atoms with van der Waals surface area (Å²) in [5.41, 5.74) is 0.803. The highest BCUT2D eigenvalue weighted by Gasteiger charge is 2.14. The molecule has 140 valence electrons. The normalized spacial score (nSPS) is 10.4. The highest BCUT2D eigenvalue weighted by Crippen LogP contribution is 2.30. The van der Waals surface area contributed by atoms with Crippen molar-refractivity contribution in [3.05, 3.63) is 47.5 Å². The van der Waals surface area contributed by atoms with Gasteiger partial charge in [-0.2, -0.15) is 8.78 Å². The van der Waals surface area contributed by atoms with Crippen LogP contribution in [0, 0.1) is 0 Å². The SMILES string of the molecule is COc1cc(OC)cc(C(=O)OCc2ccc(OC(F)F)c(OC)c2)c1. The van der Waals surface area contributed by atoms with E-state index >= 15 is 0 Å². The summed E-state index contributed by atoms with van der Waals surface area (Å²) >= 11 is 0. The number of hydrogen-bond acceptors (Lipinski definition) is 6. The first kappa shape index (κ1) is 19.3. The number of benzene rings is 2. The van der Waals surface area contributed by atoms with Gasteiger partial charge in [0, 0.05) is 6.07 Å². The van der Waals surface area contributed by atoms with Crippen molar-refractivity contribution in [1.29, 1.82) is 0 Å². The fourth-order valence-electron chi connectivity index (χ4n) is 2.15. The molecule has 0 saturated carbocycles. The van der Waals surface area contributed by atoms with E-state index in [1.165, 1.54) is 51.7 Å². The Morgan fingerprint density at radius 2 is 1.58 bits per heavy atom. The number of carbonyl (C=O) groups excluding carboxylic acids is 1. The first-order chi connectivity index (χ1) is 12.5. The standard InChI is InChI=1S/C18H18F2O6/c1-22-13-7-12(8-14(9-13)23-2)17(21)25-10-11-4-5-15(26-18(19)20)16(6-11)24-3/h4-9,18H,10H2,1-3H3. The van der Waals surface area contributed by atoms with Gasteiger partial charge >= 0.3 is 12.6 Å². The summed E-state index contributed by atoms with van der Waals surface area (Å²) in [5, 5.41) is 0. The minimum atomic E-state index is -2.96. The molecule has 2 aromatic carbocycles. The molecule has 0 aromatic heterocycles. The zero-order valence-corrected chi connectivity index (χ0v) is 14.5. The molecule has 26 heavy (non-hydrogen) atoms. The van der Waals surface area contributed by atoms with Gasteiger partial charge in [0.25, 0.3) is 0 Å². The summed E-state index contributed by atoms with van der Waals surface area (Å²) < 4.78 is 49.5. The number of esters is 1. The summed E-state index contributed by atoms with van der Waals surface area (Å²) in [5.74, 6) is 0.323. The molecule has 8 heteroatoms. The fraction of sp³-hybridized carbons (Fsp3) is 0.278. The van der Waals surface area contributed by atoms with E-state index in [1.54, 1.807) is 6.07 Å². The second-order valence-electron chi connectivity index (χ2n) is 5.04. The van der Waals surface area contributed by atoms with Crippen LogP contribution in [0.1, 0.15) is 15.9 Å². The van der Waals surface area contributed by atoms with Crippen LogP contribution < -0.4 is 18.9 Å². The molecule has 2 aromatic rings. The van der Waals surface area contributed by atoms with Crippen molar-refractivity contribution in [3.8, 4) is 23.0 Å². The third-order valence-electron chi connectivity index (χ3n) is 3.40. The van der Waals surface area contributed by atoms with Crippen LogP contribution in [-0.2, 0) is 11.3 Å². The highest BCUT2D eigenvalue weighted by molar-refractivity contribution is 5.90. The van der Waals surface area contributed by atoms with E-state index in [2.05, 4.69) is 4.74 Å². The fourth-order valence-corrected chi connectivity index (χ4v) is 2.15. The number of carbonyl (C=O) groups is 1. The molecule has 0 aliphatic heterocycles. The van der Waals surface area contributed by atoms with Crippen LogP contribution in [0.3, 0.4) is 0 Å². The maximum absolute atomic E-state index is 12.3. The van der Waals surface area contributed by atoms with E-state index in [9.17, 15) is 13.6 Å². The van der Waals surface area contributed by atoms with Crippen molar-refractivity contribution in [2.24, 2.45) is 0 Å². The van der Waals surface area contributed by atoms with Gasteiger partial charge in [0.15, 0.2) is 11.5 Å². The van der Waals surface area contributed by atoms with E-state index in [4.69, 9.17) is 18.9 Å². The molecular formula is C18H18F2O6. The van der Waals surface area contributed by atoms with Crippen molar-refractivity contribution in [2.45, 2.75) is 13.2 Å². The average molecular weight is 368 g/mol. The summed E-state index contributed by atoms with van der Waals surface area (Å²) in [4.78, 5) is 12.2. The minimum absolute atomic E-state index is 0.0797. The molecule has 0 atom stereocenters. The molecule has 0 fully saturated rings. The van der Waals surface area contributed by atoms with E-state index in [1.807, 2.05) is 0 Å². The smallest absolute Gasteiger partial charge is 0.387 e. The van der Waals surface area contributed by atoms with E-state index < -0.39 is 12.6 Å². The van der Waals surface area contributed by atoms with Crippen LogP contribution in [0.25, 0.3) is 0 Å².